The van der Waals surface area contributed by atoms with Crippen molar-refractivity contribution >= 4 is 40.2 Å². The van der Waals surface area contributed by atoms with Crippen LogP contribution in [0.2, 0.25) is 0 Å². The van der Waals surface area contributed by atoms with Crippen molar-refractivity contribution in [3.05, 3.63) is 70.2 Å². The van der Waals surface area contributed by atoms with Crippen LogP contribution in [0, 0.1) is 0 Å². The zero-order chi connectivity index (χ0) is 18.5. The van der Waals surface area contributed by atoms with Gasteiger partial charge in [0.05, 0.1) is 9.75 Å². The molecule has 4 aromatic rings. The summed E-state index contributed by atoms with van der Waals surface area (Å²) in [5, 5.41) is 13.7. The van der Waals surface area contributed by atoms with E-state index in [1.165, 1.54) is 11.3 Å². The fourth-order valence-electron chi connectivity index (χ4n) is 2.70. The van der Waals surface area contributed by atoms with Crippen molar-refractivity contribution in [3.8, 4) is 16.4 Å². The lowest BCUT2D eigenvalue weighted by Gasteiger charge is -2.09. The minimum absolute atomic E-state index is 0.217. The Balaban J connectivity index is 1.49. The largest absolute Gasteiger partial charge is 0.293 e. The van der Waals surface area contributed by atoms with Crippen LogP contribution in [0.15, 0.2) is 70.5 Å². The third-order valence-corrected chi connectivity index (χ3v) is 6.76. The third kappa shape index (κ3) is 4.21. The Kier molecular flexibility index (Phi) is 5.81. The van der Waals surface area contributed by atoms with Crippen LogP contribution in [0.3, 0.4) is 0 Å². The molecule has 0 spiro atoms. The first-order valence-electron chi connectivity index (χ1n) is 8.57. The average molecular weight is 412 g/mol. The van der Waals surface area contributed by atoms with Crippen molar-refractivity contribution in [2.45, 2.75) is 18.0 Å². The molecule has 136 valence electrons. The molecule has 3 aromatic heterocycles. The van der Waals surface area contributed by atoms with Crippen molar-refractivity contribution in [1.29, 1.82) is 0 Å². The lowest BCUT2D eigenvalue weighted by molar-refractivity contribution is 0.0986. The Hall–Kier alpha value is -2.22. The van der Waals surface area contributed by atoms with E-state index in [1.807, 2.05) is 47.2 Å². The van der Waals surface area contributed by atoms with Gasteiger partial charge in [-0.05, 0) is 41.4 Å². The number of thioether (sulfide) groups is 1. The molecular formula is C20H17N3OS3. The smallest absolute Gasteiger partial charge is 0.196 e. The Morgan fingerprint density at radius 2 is 1.78 bits per heavy atom. The maximum Gasteiger partial charge on any atom is 0.196 e. The minimum atomic E-state index is 0.217. The second-order valence-corrected chi connectivity index (χ2v) is 8.76. The summed E-state index contributed by atoms with van der Waals surface area (Å²) >= 11 is 4.80. The van der Waals surface area contributed by atoms with Gasteiger partial charge in [-0.25, -0.2) is 0 Å². The monoisotopic (exact) mass is 411 g/mol. The van der Waals surface area contributed by atoms with Gasteiger partial charge in [-0.15, -0.1) is 32.9 Å². The van der Waals surface area contributed by atoms with E-state index in [9.17, 15) is 4.79 Å². The number of hydrogen-bond acceptors (Lipinski definition) is 6. The third-order valence-electron chi connectivity index (χ3n) is 3.96. The van der Waals surface area contributed by atoms with E-state index >= 15 is 0 Å². The highest BCUT2D eigenvalue weighted by atomic mass is 32.2. The Morgan fingerprint density at radius 1 is 0.963 bits per heavy atom. The second-order valence-electron chi connectivity index (χ2n) is 5.81. The van der Waals surface area contributed by atoms with Crippen LogP contribution in [-0.4, -0.2) is 26.3 Å². The van der Waals surface area contributed by atoms with Gasteiger partial charge in [-0.1, -0.05) is 42.1 Å². The maximum absolute atomic E-state index is 12.1. The van der Waals surface area contributed by atoms with Gasteiger partial charge in [0.15, 0.2) is 16.8 Å². The van der Waals surface area contributed by atoms with E-state index < -0.39 is 0 Å². The van der Waals surface area contributed by atoms with E-state index in [-0.39, 0.29) is 5.78 Å². The summed E-state index contributed by atoms with van der Waals surface area (Å²) in [5.41, 5.74) is 1.04. The molecule has 3 heterocycles. The van der Waals surface area contributed by atoms with Crippen LogP contribution in [0.1, 0.15) is 22.5 Å². The molecule has 0 aliphatic heterocycles. The topological polar surface area (TPSA) is 47.8 Å². The quantitative estimate of drug-likeness (QED) is 0.208. The van der Waals surface area contributed by atoms with E-state index in [0.29, 0.717) is 6.42 Å². The van der Waals surface area contributed by atoms with Crippen LogP contribution < -0.4 is 0 Å². The van der Waals surface area contributed by atoms with E-state index in [2.05, 4.69) is 33.0 Å². The predicted molar refractivity (Wildman–Crippen MR) is 113 cm³/mol. The minimum Gasteiger partial charge on any atom is -0.293 e. The van der Waals surface area contributed by atoms with Gasteiger partial charge in [0.25, 0.3) is 0 Å². The molecule has 4 nitrogen and oxygen atoms in total. The summed E-state index contributed by atoms with van der Waals surface area (Å²) in [6.45, 7) is 0. The Bertz CT molecular complexity index is 993. The highest BCUT2D eigenvalue weighted by Crippen LogP contribution is 2.30. The molecule has 0 amide bonds. The zero-order valence-corrected chi connectivity index (χ0v) is 16.9. The molecule has 0 saturated heterocycles. The van der Waals surface area contributed by atoms with Gasteiger partial charge in [0, 0.05) is 17.9 Å². The van der Waals surface area contributed by atoms with Crippen LogP contribution in [0.25, 0.3) is 16.4 Å². The number of rotatable bonds is 8. The molecule has 0 atom stereocenters. The summed E-state index contributed by atoms with van der Waals surface area (Å²) < 4.78 is 2.09. The number of nitrogens with zero attached hydrogens (tertiary/aromatic N) is 3. The number of ketones is 1. The fourth-order valence-corrected chi connectivity index (χ4v) is 4.98. The van der Waals surface area contributed by atoms with Gasteiger partial charge in [0.2, 0.25) is 0 Å². The Labute approximate surface area is 169 Å². The van der Waals surface area contributed by atoms with Gasteiger partial charge in [-0.2, -0.15) is 0 Å². The molecule has 0 fully saturated rings. The van der Waals surface area contributed by atoms with Gasteiger partial charge in [-0.3, -0.25) is 9.36 Å². The molecule has 0 radical (unpaired) electrons. The molecule has 4 rings (SSSR count). The predicted octanol–water partition coefficient (Wildman–Crippen LogP) is 5.81. The van der Waals surface area contributed by atoms with Crippen molar-refractivity contribution < 1.29 is 4.79 Å². The molecule has 27 heavy (non-hydrogen) atoms. The lowest BCUT2D eigenvalue weighted by atomic mass is 10.2. The van der Waals surface area contributed by atoms with Gasteiger partial charge >= 0.3 is 0 Å². The number of aromatic nitrogens is 3. The number of carbonyl (C=O) groups excluding carboxylic acids is 1. The molecular weight excluding hydrogens is 394 g/mol. The molecule has 0 bridgehead atoms. The first-order valence-corrected chi connectivity index (χ1v) is 11.3. The lowest BCUT2D eigenvalue weighted by Crippen LogP contribution is -2.00. The number of carbonyl (C=O) groups is 1. The molecule has 0 aliphatic carbocycles. The van der Waals surface area contributed by atoms with E-state index in [0.717, 1.165) is 38.6 Å². The van der Waals surface area contributed by atoms with Crippen molar-refractivity contribution in [2.75, 3.05) is 5.75 Å². The summed E-state index contributed by atoms with van der Waals surface area (Å²) in [6.07, 6.45) is 1.38. The summed E-state index contributed by atoms with van der Waals surface area (Å²) in [5.74, 6) is 1.90. The Morgan fingerprint density at radius 3 is 2.52 bits per heavy atom. The fraction of sp³-hybridized carbons (Fsp3) is 0.150. The average Bonchev–Trinajstić information content (AvgIpc) is 3.47. The normalized spacial score (nSPS) is 11.0. The van der Waals surface area contributed by atoms with E-state index in [4.69, 9.17) is 0 Å². The SMILES string of the molecule is O=C(CCCSc1nnc(-c2cccs2)n1-c1ccccc1)c1cccs1. The maximum atomic E-state index is 12.1. The molecule has 0 unspecified atom stereocenters. The number of hydrogen-bond donors (Lipinski definition) is 0. The first kappa shape index (κ1) is 18.2. The number of thiophene rings is 2. The molecule has 0 N–H and O–H groups in total. The summed E-state index contributed by atoms with van der Waals surface area (Å²) in [6, 6.07) is 18.0. The summed E-state index contributed by atoms with van der Waals surface area (Å²) in [4.78, 5) is 14.1. The number of para-hydroxylation sites is 1. The molecule has 0 aliphatic rings. The van der Waals surface area contributed by atoms with Crippen LogP contribution in [0.5, 0.6) is 0 Å². The number of Topliss-reactive ketones (excluding diaryl/α,β-unsaturated/α-hetero) is 1. The standard InChI is InChI=1S/C20H17N3OS3/c24-16(17-10-5-12-25-17)9-4-14-27-20-22-21-19(18-11-6-13-26-18)23(20)15-7-2-1-3-8-15/h1-3,5-8,10-13H,4,9,14H2. The van der Waals surface area contributed by atoms with Crippen LogP contribution in [-0.2, 0) is 0 Å². The van der Waals surface area contributed by atoms with Crippen LogP contribution >= 0.6 is 34.4 Å². The van der Waals surface area contributed by atoms with Crippen molar-refractivity contribution in [1.82, 2.24) is 14.8 Å². The molecule has 1 aromatic carbocycles. The number of benzene rings is 1. The summed E-state index contributed by atoms with van der Waals surface area (Å²) in [7, 11) is 0. The molecule has 7 heteroatoms. The highest BCUT2D eigenvalue weighted by Gasteiger charge is 2.16. The van der Waals surface area contributed by atoms with Gasteiger partial charge in [0.1, 0.15) is 0 Å². The highest BCUT2D eigenvalue weighted by molar-refractivity contribution is 7.99. The van der Waals surface area contributed by atoms with Crippen molar-refractivity contribution in [3.63, 3.8) is 0 Å². The van der Waals surface area contributed by atoms with E-state index in [1.54, 1.807) is 23.1 Å². The van der Waals surface area contributed by atoms with Crippen LogP contribution in [0.4, 0.5) is 0 Å². The molecule has 0 saturated carbocycles. The van der Waals surface area contributed by atoms with Crippen molar-refractivity contribution in [2.24, 2.45) is 0 Å². The second kappa shape index (κ2) is 8.65. The van der Waals surface area contributed by atoms with Gasteiger partial charge < -0.3 is 0 Å². The first-order chi connectivity index (χ1) is 13.3. The zero-order valence-electron chi connectivity index (χ0n) is 14.4.